The van der Waals surface area contributed by atoms with Gasteiger partial charge in [0.25, 0.3) is 0 Å². The zero-order chi connectivity index (χ0) is 24.2. The Bertz CT molecular complexity index is 1020. The van der Waals surface area contributed by atoms with E-state index >= 15 is 0 Å². The SMILES string of the molecule is CC(=O)N(Cc1ccccc1)C[C@@H](O)[C@H](CC1=CC=CCC=C1)NC(=O)OCc1ccccc1. The zero-order valence-electron chi connectivity index (χ0n) is 19.5. The summed E-state index contributed by atoms with van der Waals surface area (Å²) in [4.78, 5) is 26.5. The lowest BCUT2D eigenvalue weighted by molar-refractivity contribution is -0.131. The molecule has 0 saturated carbocycles. The number of nitrogens with zero attached hydrogens (tertiary/aromatic N) is 1. The van der Waals surface area contributed by atoms with Gasteiger partial charge in [0.1, 0.15) is 6.61 Å². The number of allylic oxidation sites excluding steroid dienone is 5. The number of nitrogens with one attached hydrogen (secondary N) is 1. The number of amides is 2. The van der Waals surface area contributed by atoms with E-state index in [9.17, 15) is 14.7 Å². The molecule has 1 aliphatic rings. The van der Waals surface area contributed by atoms with Crippen LogP contribution in [-0.2, 0) is 22.7 Å². The van der Waals surface area contributed by atoms with Gasteiger partial charge in [0.2, 0.25) is 5.91 Å². The molecule has 0 saturated heterocycles. The molecule has 0 fully saturated rings. The molecule has 2 aromatic carbocycles. The molecule has 2 amide bonds. The maximum atomic E-state index is 12.6. The highest BCUT2D eigenvalue weighted by atomic mass is 16.5. The van der Waals surface area contributed by atoms with Crippen LogP contribution in [0.25, 0.3) is 0 Å². The summed E-state index contributed by atoms with van der Waals surface area (Å²) in [6.45, 7) is 2.08. The molecule has 0 spiro atoms. The molecule has 0 heterocycles. The maximum absolute atomic E-state index is 12.6. The first-order chi connectivity index (χ1) is 16.5. The number of rotatable bonds is 10. The third kappa shape index (κ3) is 8.37. The van der Waals surface area contributed by atoms with Crippen LogP contribution in [0.3, 0.4) is 0 Å². The van der Waals surface area contributed by atoms with Crippen LogP contribution < -0.4 is 5.32 Å². The Kier molecular flexibility index (Phi) is 9.67. The van der Waals surface area contributed by atoms with Crippen molar-refractivity contribution in [2.75, 3.05) is 6.54 Å². The van der Waals surface area contributed by atoms with Gasteiger partial charge in [-0.05, 0) is 29.5 Å². The van der Waals surface area contributed by atoms with Gasteiger partial charge in [-0.15, -0.1) is 0 Å². The molecule has 6 heteroatoms. The Balaban J connectivity index is 1.68. The molecule has 2 atom stereocenters. The summed E-state index contributed by atoms with van der Waals surface area (Å²) in [7, 11) is 0. The molecule has 0 aliphatic heterocycles. The fourth-order valence-electron chi connectivity index (χ4n) is 3.67. The quantitative estimate of drug-likeness (QED) is 0.546. The lowest BCUT2D eigenvalue weighted by Gasteiger charge is -2.30. The van der Waals surface area contributed by atoms with Gasteiger partial charge in [-0.25, -0.2) is 4.79 Å². The minimum Gasteiger partial charge on any atom is -0.445 e. The summed E-state index contributed by atoms with van der Waals surface area (Å²) in [5.74, 6) is -0.148. The van der Waals surface area contributed by atoms with Gasteiger partial charge in [-0.2, -0.15) is 0 Å². The van der Waals surface area contributed by atoms with Crippen molar-refractivity contribution in [3.63, 3.8) is 0 Å². The number of aliphatic hydroxyl groups excluding tert-OH is 1. The Morgan fingerprint density at radius 2 is 1.71 bits per heavy atom. The van der Waals surface area contributed by atoms with Crippen LogP contribution in [0.15, 0.2) is 96.6 Å². The average molecular weight is 461 g/mol. The first-order valence-electron chi connectivity index (χ1n) is 11.5. The van der Waals surface area contributed by atoms with E-state index < -0.39 is 18.2 Å². The lowest BCUT2D eigenvalue weighted by atomic mass is 10.00. The third-order valence-corrected chi connectivity index (χ3v) is 5.56. The minimum absolute atomic E-state index is 0.0840. The molecule has 34 heavy (non-hydrogen) atoms. The highest BCUT2D eigenvalue weighted by Gasteiger charge is 2.26. The normalized spacial score (nSPS) is 14.5. The fourth-order valence-corrected chi connectivity index (χ4v) is 3.67. The van der Waals surface area contributed by atoms with E-state index in [0.717, 1.165) is 23.1 Å². The Hall–Kier alpha value is -3.64. The first-order valence-corrected chi connectivity index (χ1v) is 11.5. The van der Waals surface area contributed by atoms with E-state index in [2.05, 4.69) is 5.32 Å². The summed E-state index contributed by atoms with van der Waals surface area (Å²) < 4.78 is 5.38. The molecule has 2 aromatic rings. The van der Waals surface area contributed by atoms with Crippen LogP contribution in [0.2, 0.25) is 0 Å². The molecule has 1 aliphatic carbocycles. The topological polar surface area (TPSA) is 78.9 Å². The highest BCUT2D eigenvalue weighted by Crippen LogP contribution is 2.16. The largest absolute Gasteiger partial charge is 0.445 e. The van der Waals surface area contributed by atoms with Gasteiger partial charge in [0, 0.05) is 20.0 Å². The molecule has 178 valence electrons. The number of ether oxygens (including phenoxy) is 1. The Morgan fingerprint density at radius 1 is 1.03 bits per heavy atom. The summed E-state index contributed by atoms with van der Waals surface area (Å²) >= 11 is 0. The van der Waals surface area contributed by atoms with Gasteiger partial charge >= 0.3 is 6.09 Å². The monoisotopic (exact) mass is 460 g/mol. The molecular weight excluding hydrogens is 428 g/mol. The second-order valence-corrected chi connectivity index (χ2v) is 8.28. The van der Waals surface area contributed by atoms with Crippen molar-refractivity contribution in [1.29, 1.82) is 0 Å². The predicted molar refractivity (Wildman–Crippen MR) is 133 cm³/mol. The molecule has 0 unspecified atom stereocenters. The van der Waals surface area contributed by atoms with Crippen LogP contribution >= 0.6 is 0 Å². The van der Waals surface area contributed by atoms with Gasteiger partial charge in [-0.3, -0.25) is 4.79 Å². The number of carbonyl (C=O) groups is 2. The van der Waals surface area contributed by atoms with Crippen LogP contribution in [0.4, 0.5) is 4.79 Å². The van der Waals surface area contributed by atoms with Gasteiger partial charge in [0.05, 0.1) is 12.1 Å². The molecule has 2 N–H and O–H groups in total. The highest BCUT2D eigenvalue weighted by molar-refractivity contribution is 5.73. The Labute approximate surface area is 201 Å². The Morgan fingerprint density at radius 3 is 2.38 bits per heavy atom. The van der Waals surface area contributed by atoms with E-state index in [1.165, 1.54) is 6.92 Å². The fraction of sp³-hybridized carbons (Fsp3) is 0.286. The molecule has 0 bridgehead atoms. The predicted octanol–water partition coefficient (Wildman–Crippen LogP) is 4.52. The van der Waals surface area contributed by atoms with Gasteiger partial charge < -0.3 is 20.1 Å². The summed E-state index contributed by atoms with van der Waals surface area (Å²) in [6.07, 6.45) is 9.61. The van der Waals surface area contributed by atoms with Gasteiger partial charge in [0.15, 0.2) is 0 Å². The lowest BCUT2D eigenvalue weighted by Crippen LogP contribution is -2.49. The second-order valence-electron chi connectivity index (χ2n) is 8.28. The number of hydrogen-bond acceptors (Lipinski definition) is 4. The van der Waals surface area contributed by atoms with Crippen molar-refractivity contribution in [1.82, 2.24) is 10.2 Å². The molecule has 3 rings (SSSR count). The number of carbonyl (C=O) groups excluding carboxylic acids is 2. The van der Waals surface area contributed by atoms with Crippen LogP contribution in [0.5, 0.6) is 0 Å². The maximum Gasteiger partial charge on any atom is 0.407 e. The van der Waals surface area contributed by atoms with E-state index in [0.29, 0.717) is 13.0 Å². The summed E-state index contributed by atoms with van der Waals surface area (Å²) in [6, 6.07) is 18.4. The number of alkyl carbamates (subject to hydrolysis) is 1. The van der Waals surface area contributed by atoms with Crippen molar-refractivity contribution in [3.05, 3.63) is 108 Å². The van der Waals surface area contributed by atoms with E-state index in [1.54, 1.807) is 4.90 Å². The van der Waals surface area contributed by atoms with Crippen molar-refractivity contribution >= 4 is 12.0 Å². The van der Waals surface area contributed by atoms with Crippen LogP contribution in [0, 0.1) is 0 Å². The van der Waals surface area contributed by atoms with Crippen molar-refractivity contribution in [2.24, 2.45) is 0 Å². The molecule has 6 nitrogen and oxygen atoms in total. The first kappa shape index (κ1) is 25.0. The summed E-state index contributed by atoms with van der Waals surface area (Å²) in [5.41, 5.74) is 2.81. The molecule has 0 radical (unpaired) electrons. The number of hydrogen-bond donors (Lipinski definition) is 2. The average Bonchev–Trinajstić information content (AvgIpc) is 3.12. The second kappa shape index (κ2) is 13.2. The molecule has 0 aromatic heterocycles. The zero-order valence-corrected chi connectivity index (χ0v) is 19.5. The number of aliphatic hydroxyl groups is 1. The van der Waals surface area contributed by atoms with E-state index in [4.69, 9.17) is 4.74 Å². The van der Waals surface area contributed by atoms with Crippen LogP contribution in [0.1, 0.15) is 30.9 Å². The van der Waals surface area contributed by atoms with Crippen molar-refractivity contribution in [2.45, 2.75) is 45.1 Å². The summed E-state index contributed by atoms with van der Waals surface area (Å²) in [5, 5.41) is 13.9. The van der Waals surface area contributed by atoms with Crippen molar-refractivity contribution in [3.8, 4) is 0 Å². The third-order valence-electron chi connectivity index (χ3n) is 5.56. The number of benzene rings is 2. The van der Waals surface area contributed by atoms with E-state index in [1.807, 2.05) is 91.0 Å². The smallest absolute Gasteiger partial charge is 0.407 e. The standard InChI is InChI=1S/C28H32N2O4/c1-22(31)30(19-24-14-8-4-9-15-24)20-27(32)26(18-23-12-6-2-3-7-13-23)29-28(33)34-21-25-16-10-5-11-17-25/h2,4-17,26-27,32H,3,18-21H2,1H3,(H,29,33)/t26-,27+/m0/s1. The van der Waals surface area contributed by atoms with Gasteiger partial charge in [-0.1, -0.05) is 91.0 Å². The van der Waals surface area contributed by atoms with Crippen LogP contribution in [-0.4, -0.2) is 40.7 Å². The van der Waals surface area contributed by atoms with E-state index in [-0.39, 0.29) is 19.1 Å². The molecular formula is C28H32N2O4. The minimum atomic E-state index is -0.988. The van der Waals surface area contributed by atoms with Crippen molar-refractivity contribution < 1.29 is 19.4 Å².